The molecule has 3 nitrogen and oxygen atoms in total. The van der Waals surface area contributed by atoms with Crippen LogP contribution in [0.1, 0.15) is 33.1 Å². The fourth-order valence-corrected chi connectivity index (χ4v) is 1.59. The van der Waals surface area contributed by atoms with E-state index < -0.39 is 5.92 Å². The Hall–Kier alpha value is -0.860. The van der Waals surface area contributed by atoms with Gasteiger partial charge in [-0.05, 0) is 25.2 Å². The predicted molar refractivity (Wildman–Crippen MR) is 52.7 cm³/mol. The molecule has 0 amide bonds. The number of carbonyl (C=O) groups is 2. The molecular formula is C11H18O3. The number of carbonyl (C=O) groups excluding carboxylic acids is 2. The molecule has 0 aromatic carbocycles. The molecule has 0 N–H and O–H groups in total. The molecule has 1 saturated carbocycles. The number of hydrogen-bond acceptors (Lipinski definition) is 3. The molecule has 0 bridgehead atoms. The molecular weight excluding hydrogens is 180 g/mol. The van der Waals surface area contributed by atoms with Gasteiger partial charge in [-0.1, -0.05) is 13.8 Å². The summed E-state index contributed by atoms with van der Waals surface area (Å²) in [6.07, 6.45) is 2.51. The number of methoxy groups -OCH3 is 1. The molecule has 1 unspecified atom stereocenters. The van der Waals surface area contributed by atoms with Crippen LogP contribution in [0.3, 0.4) is 0 Å². The first-order valence-electron chi connectivity index (χ1n) is 5.17. The van der Waals surface area contributed by atoms with E-state index in [4.69, 9.17) is 0 Å². The molecule has 80 valence electrons. The summed E-state index contributed by atoms with van der Waals surface area (Å²) in [7, 11) is 1.34. The first-order chi connectivity index (χ1) is 6.56. The van der Waals surface area contributed by atoms with Crippen LogP contribution in [0.4, 0.5) is 0 Å². The maximum Gasteiger partial charge on any atom is 0.316 e. The second kappa shape index (κ2) is 4.58. The average molecular weight is 198 g/mol. The summed E-state index contributed by atoms with van der Waals surface area (Å²) in [6, 6.07) is 0. The first-order valence-corrected chi connectivity index (χ1v) is 5.17. The molecule has 1 aliphatic rings. The van der Waals surface area contributed by atoms with Gasteiger partial charge in [-0.25, -0.2) is 0 Å². The van der Waals surface area contributed by atoms with Gasteiger partial charge in [-0.15, -0.1) is 0 Å². The van der Waals surface area contributed by atoms with Gasteiger partial charge in [-0.3, -0.25) is 9.59 Å². The van der Waals surface area contributed by atoms with E-state index in [9.17, 15) is 9.59 Å². The van der Waals surface area contributed by atoms with Gasteiger partial charge in [0.25, 0.3) is 0 Å². The second-order valence-corrected chi connectivity index (χ2v) is 4.38. The Balaban J connectivity index is 2.59. The fraction of sp³-hybridized carbons (Fsp3) is 0.818. The third-order valence-electron chi connectivity index (χ3n) is 2.52. The van der Waals surface area contributed by atoms with Crippen LogP contribution in [0.15, 0.2) is 0 Å². The van der Waals surface area contributed by atoms with Crippen molar-refractivity contribution in [2.75, 3.05) is 7.11 Å². The number of ketones is 1. The van der Waals surface area contributed by atoms with Crippen LogP contribution >= 0.6 is 0 Å². The van der Waals surface area contributed by atoms with Crippen molar-refractivity contribution in [3.63, 3.8) is 0 Å². The van der Waals surface area contributed by atoms with Gasteiger partial charge in [0.2, 0.25) is 0 Å². The highest BCUT2D eigenvalue weighted by atomic mass is 16.5. The molecule has 0 aromatic rings. The lowest BCUT2D eigenvalue weighted by atomic mass is 9.91. The van der Waals surface area contributed by atoms with Crippen LogP contribution < -0.4 is 0 Å². The number of hydrogen-bond donors (Lipinski definition) is 0. The third kappa shape index (κ3) is 2.82. The molecule has 0 saturated heterocycles. The highest BCUT2D eigenvalue weighted by Crippen LogP contribution is 2.34. The lowest BCUT2D eigenvalue weighted by molar-refractivity contribution is -0.150. The van der Waals surface area contributed by atoms with Crippen LogP contribution in [0.25, 0.3) is 0 Å². The second-order valence-electron chi connectivity index (χ2n) is 4.38. The Kier molecular flexibility index (Phi) is 3.67. The highest BCUT2D eigenvalue weighted by Gasteiger charge is 2.38. The zero-order chi connectivity index (χ0) is 10.7. The van der Waals surface area contributed by atoms with Crippen LogP contribution in [0.2, 0.25) is 0 Å². The summed E-state index contributed by atoms with van der Waals surface area (Å²) >= 11 is 0. The van der Waals surface area contributed by atoms with Gasteiger partial charge < -0.3 is 4.74 Å². The van der Waals surface area contributed by atoms with Crippen molar-refractivity contribution in [2.24, 2.45) is 17.8 Å². The molecule has 0 radical (unpaired) electrons. The Morgan fingerprint density at radius 3 is 2.29 bits per heavy atom. The molecule has 0 aromatic heterocycles. The van der Waals surface area contributed by atoms with Crippen LogP contribution in [-0.2, 0) is 14.3 Å². The van der Waals surface area contributed by atoms with E-state index in [0.29, 0.717) is 12.3 Å². The van der Waals surface area contributed by atoms with E-state index in [1.807, 2.05) is 13.8 Å². The van der Waals surface area contributed by atoms with Crippen LogP contribution in [-0.4, -0.2) is 18.9 Å². The molecule has 1 fully saturated rings. The SMILES string of the molecule is COC(=O)C(CC(C)C)C(=O)C1CC1. The zero-order valence-corrected chi connectivity index (χ0v) is 9.08. The van der Waals surface area contributed by atoms with Crippen molar-refractivity contribution in [3.05, 3.63) is 0 Å². The smallest absolute Gasteiger partial charge is 0.316 e. The lowest BCUT2D eigenvalue weighted by Gasteiger charge is -2.14. The Labute approximate surface area is 84.8 Å². The van der Waals surface area contributed by atoms with Gasteiger partial charge >= 0.3 is 5.97 Å². The summed E-state index contributed by atoms with van der Waals surface area (Å²) in [5.74, 6) is -0.312. The number of esters is 1. The largest absolute Gasteiger partial charge is 0.468 e. The van der Waals surface area contributed by atoms with Crippen molar-refractivity contribution in [2.45, 2.75) is 33.1 Å². The number of ether oxygens (including phenoxy) is 1. The van der Waals surface area contributed by atoms with E-state index in [1.165, 1.54) is 7.11 Å². The molecule has 1 atom stereocenters. The molecule has 1 aliphatic carbocycles. The van der Waals surface area contributed by atoms with Crippen molar-refractivity contribution in [1.29, 1.82) is 0 Å². The van der Waals surface area contributed by atoms with Gasteiger partial charge in [0.15, 0.2) is 0 Å². The number of rotatable bonds is 5. The van der Waals surface area contributed by atoms with E-state index in [2.05, 4.69) is 4.74 Å². The average Bonchev–Trinajstić information content (AvgIpc) is 2.94. The summed E-state index contributed by atoms with van der Waals surface area (Å²) in [5.41, 5.74) is 0. The van der Waals surface area contributed by atoms with E-state index in [0.717, 1.165) is 12.8 Å². The van der Waals surface area contributed by atoms with Crippen LogP contribution in [0, 0.1) is 17.8 Å². The van der Waals surface area contributed by atoms with E-state index >= 15 is 0 Å². The van der Waals surface area contributed by atoms with Crippen molar-refractivity contribution >= 4 is 11.8 Å². The van der Waals surface area contributed by atoms with Gasteiger partial charge in [0.05, 0.1) is 7.11 Å². The van der Waals surface area contributed by atoms with Crippen molar-refractivity contribution in [1.82, 2.24) is 0 Å². The minimum atomic E-state index is -0.521. The van der Waals surface area contributed by atoms with E-state index in [-0.39, 0.29) is 17.7 Å². The van der Waals surface area contributed by atoms with Crippen molar-refractivity contribution in [3.8, 4) is 0 Å². The standard InChI is InChI=1S/C11H18O3/c1-7(2)6-9(11(13)14-3)10(12)8-4-5-8/h7-9H,4-6H2,1-3H3. The van der Waals surface area contributed by atoms with Crippen molar-refractivity contribution < 1.29 is 14.3 Å². The topological polar surface area (TPSA) is 43.4 Å². The molecule has 0 aliphatic heterocycles. The monoisotopic (exact) mass is 198 g/mol. The summed E-state index contributed by atoms with van der Waals surface area (Å²) in [4.78, 5) is 23.1. The molecule has 3 heteroatoms. The summed E-state index contributed by atoms with van der Waals surface area (Å²) in [6.45, 7) is 4.02. The Bertz CT molecular complexity index is 229. The first kappa shape index (κ1) is 11.2. The quantitative estimate of drug-likeness (QED) is 0.499. The third-order valence-corrected chi connectivity index (χ3v) is 2.52. The fourth-order valence-electron chi connectivity index (χ4n) is 1.59. The summed E-state index contributed by atoms with van der Waals surface area (Å²) < 4.78 is 4.65. The molecule has 1 rings (SSSR count). The Morgan fingerprint density at radius 1 is 1.36 bits per heavy atom. The summed E-state index contributed by atoms with van der Waals surface area (Å²) in [5, 5.41) is 0. The molecule has 0 heterocycles. The van der Waals surface area contributed by atoms with Gasteiger partial charge in [0, 0.05) is 5.92 Å². The molecule has 14 heavy (non-hydrogen) atoms. The van der Waals surface area contributed by atoms with Crippen LogP contribution in [0.5, 0.6) is 0 Å². The predicted octanol–water partition coefficient (Wildman–Crippen LogP) is 1.80. The lowest BCUT2D eigenvalue weighted by Crippen LogP contribution is -2.28. The maximum atomic E-state index is 11.7. The van der Waals surface area contributed by atoms with Gasteiger partial charge in [0.1, 0.15) is 11.7 Å². The normalized spacial score (nSPS) is 18.0. The van der Waals surface area contributed by atoms with Gasteiger partial charge in [-0.2, -0.15) is 0 Å². The maximum absolute atomic E-state index is 11.7. The highest BCUT2D eigenvalue weighted by molar-refractivity contribution is 6.01. The number of Topliss-reactive ketones (excluding diaryl/α,β-unsaturated/α-hetero) is 1. The molecule has 0 spiro atoms. The minimum absolute atomic E-state index is 0.0885. The zero-order valence-electron chi connectivity index (χ0n) is 9.08. The van der Waals surface area contributed by atoms with E-state index in [1.54, 1.807) is 0 Å². The Morgan fingerprint density at radius 2 is 1.93 bits per heavy atom. The minimum Gasteiger partial charge on any atom is -0.468 e.